The van der Waals surface area contributed by atoms with E-state index >= 15 is 0 Å². The van der Waals surface area contributed by atoms with E-state index in [4.69, 9.17) is 28.0 Å². The van der Waals surface area contributed by atoms with Gasteiger partial charge < -0.3 is 4.84 Å². The number of carbonyl (C=O) groups is 1. The molecule has 1 aliphatic heterocycles. The summed E-state index contributed by atoms with van der Waals surface area (Å²) in [5.41, 5.74) is 2.29. The van der Waals surface area contributed by atoms with Gasteiger partial charge >= 0.3 is 6.09 Å². The summed E-state index contributed by atoms with van der Waals surface area (Å²) in [4.78, 5) is 19.9. The van der Waals surface area contributed by atoms with E-state index in [-0.39, 0.29) is 0 Å². The first-order chi connectivity index (χ1) is 12.6. The lowest BCUT2D eigenvalue weighted by molar-refractivity contribution is 0.164. The number of halogens is 2. The summed E-state index contributed by atoms with van der Waals surface area (Å²) in [7, 11) is 0. The van der Waals surface area contributed by atoms with Gasteiger partial charge in [-0.05, 0) is 35.9 Å². The van der Waals surface area contributed by atoms with Gasteiger partial charge in [0.2, 0.25) is 0 Å². The summed E-state index contributed by atoms with van der Waals surface area (Å²) in [6.45, 7) is 0. The first-order valence-electron chi connectivity index (χ1n) is 8.00. The molecule has 4 nitrogen and oxygen atoms in total. The maximum Gasteiger partial charge on any atom is 0.440 e. The molecule has 1 heterocycles. The fourth-order valence-corrected chi connectivity index (χ4v) is 3.24. The van der Waals surface area contributed by atoms with Gasteiger partial charge in [-0.15, -0.1) is 0 Å². The van der Waals surface area contributed by atoms with Gasteiger partial charge in [-0.1, -0.05) is 71.7 Å². The third kappa shape index (κ3) is 2.98. The summed E-state index contributed by atoms with van der Waals surface area (Å²) in [6.07, 6.45) is -0.954. The topological polar surface area (TPSA) is 32.8 Å². The van der Waals surface area contributed by atoms with E-state index in [0.717, 1.165) is 11.3 Å². The van der Waals surface area contributed by atoms with Gasteiger partial charge in [-0.2, -0.15) is 5.06 Å². The fraction of sp³-hybridized carbons (Fsp3) is 0.0500. The van der Waals surface area contributed by atoms with E-state index in [0.29, 0.717) is 15.7 Å². The number of hydrogen-bond donors (Lipinski definition) is 0. The van der Waals surface area contributed by atoms with Crippen molar-refractivity contribution in [1.29, 1.82) is 0 Å². The minimum Gasteiger partial charge on any atom is -0.319 e. The number of para-hydroxylation sites is 1. The molecule has 1 fully saturated rings. The number of carbonyl (C=O) groups excluding carboxylic acids is 1. The zero-order chi connectivity index (χ0) is 18.1. The molecule has 1 aliphatic rings. The van der Waals surface area contributed by atoms with Crippen molar-refractivity contribution in [2.75, 3.05) is 9.96 Å². The SMILES string of the molecule is O=C1ON(c2ccccc2)[C@H](c2ccccc2)N1c1ccc(Cl)c(Cl)c1. The Morgan fingerprint density at radius 2 is 1.42 bits per heavy atom. The molecular weight excluding hydrogens is 371 g/mol. The van der Waals surface area contributed by atoms with Crippen LogP contribution in [0.4, 0.5) is 16.2 Å². The van der Waals surface area contributed by atoms with Crippen LogP contribution >= 0.6 is 23.2 Å². The average Bonchev–Trinajstić information content (AvgIpc) is 3.03. The molecule has 0 N–H and O–H groups in total. The molecule has 0 aliphatic carbocycles. The number of anilines is 2. The highest BCUT2D eigenvalue weighted by atomic mass is 35.5. The monoisotopic (exact) mass is 384 g/mol. The van der Waals surface area contributed by atoms with Crippen molar-refractivity contribution in [2.45, 2.75) is 6.17 Å². The molecule has 6 heteroatoms. The highest BCUT2D eigenvalue weighted by molar-refractivity contribution is 6.42. The Balaban J connectivity index is 1.83. The van der Waals surface area contributed by atoms with Crippen molar-refractivity contribution in [3.05, 3.63) is 94.5 Å². The Labute approximate surface area is 161 Å². The minimum absolute atomic E-state index is 0.377. The maximum atomic E-state index is 12.7. The van der Waals surface area contributed by atoms with Crippen molar-refractivity contribution in [3.8, 4) is 0 Å². The van der Waals surface area contributed by atoms with Gasteiger partial charge in [0.25, 0.3) is 0 Å². The van der Waals surface area contributed by atoms with Crippen molar-refractivity contribution in [2.24, 2.45) is 0 Å². The molecule has 0 aromatic heterocycles. The molecule has 0 saturated carbocycles. The summed E-state index contributed by atoms with van der Waals surface area (Å²) >= 11 is 12.2. The van der Waals surface area contributed by atoms with Crippen LogP contribution in [0.5, 0.6) is 0 Å². The van der Waals surface area contributed by atoms with Gasteiger partial charge in [-0.3, -0.25) is 0 Å². The maximum absolute atomic E-state index is 12.7. The number of amides is 1. The fourth-order valence-electron chi connectivity index (χ4n) is 2.94. The van der Waals surface area contributed by atoms with E-state index in [1.54, 1.807) is 28.2 Å². The smallest absolute Gasteiger partial charge is 0.319 e. The molecule has 0 bridgehead atoms. The van der Waals surface area contributed by atoms with Crippen LogP contribution in [-0.2, 0) is 4.84 Å². The molecule has 4 rings (SSSR count). The summed E-state index contributed by atoms with van der Waals surface area (Å²) < 4.78 is 0. The highest BCUT2D eigenvalue weighted by Crippen LogP contribution is 2.40. The van der Waals surface area contributed by atoms with Crippen molar-refractivity contribution in [1.82, 2.24) is 0 Å². The van der Waals surface area contributed by atoms with Crippen molar-refractivity contribution >= 4 is 40.7 Å². The average molecular weight is 385 g/mol. The number of benzene rings is 3. The zero-order valence-corrected chi connectivity index (χ0v) is 15.1. The molecule has 1 atom stereocenters. The highest BCUT2D eigenvalue weighted by Gasteiger charge is 2.42. The Bertz CT molecular complexity index is 935. The zero-order valence-electron chi connectivity index (χ0n) is 13.5. The molecule has 0 spiro atoms. The Morgan fingerprint density at radius 1 is 0.769 bits per heavy atom. The van der Waals surface area contributed by atoms with Gasteiger partial charge in [0.15, 0.2) is 6.17 Å². The molecule has 3 aromatic rings. The summed E-state index contributed by atoms with van der Waals surface area (Å²) in [6, 6.07) is 24.2. The van der Waals surface area contributed by atoms with Crippen molar-refractivity contribution < 1.29 is 9.63 Å². The normalized spacial score (nSPS) is 16.7. The van der Waals surface area contributed by atoms with Crippen molar-refractivity contribution in [3.63, 3.8) is 0 Å². The van der Waals surface area contributed by atoms with Crippen LogP contribution in [0.1, 0.15) is 11.7 Å². The van der Waals surface area contributed by atoms with Gasteiger partial charge in [0.1, 0.15) is 0 Å². The van der Waals surface area contributed by atoms with E-state index < -0.39 is 12.3 Å². The second-order valence-corrected chi connectivity index (χ2v) is 6.59. The summed E-state index contributed by atoms with van der Waals surface area (Å²) in [5.74, 6) is 0. The predicted molar refractivity (Wildman–Crippen MR) is 104 cm³/mol. The lowest BCUT2D eigenvalue weighted by Crippen LogP contribution is -2.31. The number of rotatable bonds is 3. The quantitative estimate of drug-likeness (QED) is 0.549. The summed E-state index contributed by atoms with van der Waals surface area (Å²) in [5, 5.41) is 2.40. The van der Waals surface area contributed by atoms with Crippen LogP contribution in [0.15, 0.2) is 78.9 Å². The van der Waals surface area contributed by atoms with E-state index in [1.807, 2.05) is 60.7 Å². The molecule has 0 radical (unpaired) electrons. The van der Waals surface area contributed by atoms with Gasteiger partial charge in [-0.25, -0.2) is 9.69 Å². The van der Waals surface area contributed by atoms with E-state index in [2.05, 4.69) is 0 Å². The molecule has 1 amide bonds. The third-order valence-corrected chi connectivity index (χ3v) is 4.87. The third-order valence-electron chi connectivity index (χ3n) is 4.13. The van der Waals surface area contributed by atoms with Crippen LogP contribution < -0.4 is 9.96 Å². The number of nitrogens with zero attached hydrogens (tertiary/aromatic N) is 2. The first kappa shape index (κ1) is 16.8. The van der Waals surface area contributed by atoms with Crippen LogP contribution in [-0.4, -0.2) is 6.09 Å². The van der Waals surface area contributed by atoms with Crippen LogP contribution in [0.2, 0.25) is 10.0 Å². The lowest BCUT2D eigenvalue weighted by Gasteiger charge is -2.27. The first-order valence-corrected chi connectivity index (χ1v) is 8.76. The largest absolute Gasteiger partial charge is 0.440 e. The second-order valence-electron chi connectivity index (χ2n) is 5.77. The van der Waals surface area contributed by atoms with E-state index in [1.165, 1.54) is 0 Å². The van der Waals surface area contributed by atoms with Crippen LogP contribution in [0.25, 0.3) is 0 Å². The van der Waals surface area contributed by atoms with Gasteiger partial charge in [0, 0.05) is 0 Å². The van der Waals surface area contributed by atoms with Gasteiger partial charge in [0.05, 0.1) is 21.4 Å². The van der Waals surface area contributed by atoms with E-state index in [9.17, 15) is 4.79 Å². The molecular formula is C20H14Cl2N2O2. The predicted octanol–water partition coefficient (Wildman–Crippen LogP) is 6.07. The molecule has 1 saturated heterocycles. The molecule has 26 heavy (non-hydrogen) atoms. The Kier molecular flexibility index (Phi) is 4.45. The molecule has 0 unspecified atom stereocenters. The Hall–Kier alpha value is -2.69. The van der Waals surface area contributed by atoms with Crippen LogP contribution in [0, 0.1) is 0 Å². The van der Waals surface area contributed by atoms with Crippen LogP contribution in [0.3, 0.4) is 0 Å². The standard InChI is InChI=1S/C20H14Cl2N2O2/c21-17-12-11-16(13-18(17)22)23-19(14-7-3-1-4-8-14)24(26-20(23)25)15-9-5-2-6-10-15/h1-13,19H/t19-/m1/s1. The number of hydroxylamine groups is 1. The second kappa shape index (κ2) is 6.90. The molecule has 3 aromatic carbocycles. The lowest BCUT2D eigenvalue weighted by atomic mass is 10.1. The number of hydrogen-bond acceptors (Lipinski definition) is 3. The molecule has 130 valence electrons. The Morgan fingerprint density at radius 3 is 2.08 bits per heavy atom. The minimum atomic E-state index is -0.485.